The zero-order valence-electron chi connectivity index (χ0n) is 12.6. The number of nitrogens with one attached hydrogen (secondary N) is 1. The summed E-state index contributed by atoms with van der Waals surface area (Å²) in [5.74, 6) is 1.07. The van der Waals surface area contributed by atoms with Crippen molar-refractivity contribution in [2.45, 2.75) is 26.2 Å². The lowest BCUT2D eigenvalue weighted by Crippen LogP contribution is -1.86. The first-order chi connectivity index (χ1) is 10.8. The second kappa shape index (κ2) is 5.30. The van der Waals surface area contributed by atoms with Crippen molar-refractivity contribution in [3.63, 3.8) is 0 Å². The van der Waals surface area contributed by atoms with Crippen LogP contribution in [0.3, 0.4) is 0 Å². The first-order valence-corrected chi connectivity index (χ1v) is 7.76. The number of hydrogen-bond donors (Lipinski definition) is 1. The van der Waals surface area contributed by atoms with E-state index in [0.717, 1.165) is 40.2 Å². The average Bonchev–Trinajstić information content (AvgIpc) is 3.15. The summed E-state index contributed by atoms with van der Waals surface area (Å²) in [6.45, 7) is 2.20. The molecule has 0 amide bonds. The van der Waals surface area contributed by atoms with Crippen molar-refractivity contribution in [2.75, 3.05) is 0 Å². The van der Waals surface area contributed by atoms with Crippen LogP contribution in [0.2, 0.25) is 0 Å². The summed E-state index contributed by atoms with van der Waals surface area (Å²) < 4.78 is 2.04. The van der Waals surface area contributed by atoms with E-state index in [2.05, 4.69) is 46.3 Å². The quantitative estimate of drug-likeness (QED) is 0.611. The highest BCUT2D eigenvalue weighted by Crippen LogP contribution is 2.23. The van der Waals surface area contributed by atoms with Crippen LogP contribution in [0.15, 0.2) is 48.8 Å². The van der Waals surface area contributed by atoms with E-state index in [1.165, 1.54) is 12.8 Å². The van der Waals surface area contributed by atoms with Gasteiger partial charge in [0.2, 0.25) is 0 Å². The molecule has 0 aliphatic rings. The van der Waals surface area contributed by atoms with Crippen LogP contribution < -0.4 is 0 Å². The van der Waals surface area contributed by atoms with E-state index in [4.69, 9.17) is 0 Å². The summed E-state index contributed by atoms with van der Waals surface area (Å²) in [6.07, 6.45) is 7.44. The van der Waals surface area contributed by atoms with Crippen LogP contribution in [0, 0.1) is 0 Å². The van der Waals surface area contributed by atoms with Gasteiger partial charge in [-0.05, 0) is 30.7 Å². The number of aromatic amines is 1. The van der Waals surface area contributed by atoms with Crippen molar-refractivity contribution in [1.29, 1.82) is 0 Å². The van der Waals surface area contributed by atoms with E-state index in [0.29, 0.717) is 0 Å². The molecule has 0 fully saturated rings. The topological polar surface area (TPSA) is 46.0 Å². The number of aromatic nitrogens is 4. The SMILES string of the molecule is CCCCc1nc2ccc(-c3cn4ccccc4n3)cc2[nH]1. The van der Waals surface area contributed by atoms with Gasteiger partial charge in [0, 0.05) is 24.4 Å². The van der Waals surface area contributed by atoms with E-state index < -0.39 is 0 Å². The number of unbranched alkanes of at least 4 members (excludes halogenated alkanes) is 1. The number of nitrogens with zero attached hydrogens (tertiary/aromatic N) is 3. The molecular formula is C18H18N4. The number of imidazole rings is 2. The first kappa shape index (κ1) is 13.1. The van der Waals surface area contributed by atoms with Crippen LogP contribution >= 0.6 is 0 Å². The predicted molar refractivity (Wildman–Crippen MR) is 88.9 cm³/mol. The van der Waals surface area contributed by atoms with Gasteiger partial charge in [0.25, 0.3) is 0 Å². The van der Waals surface area contributed by atoms with Crippen molar-refractivity contribution in [3.05, 3.63) is 54.6 Å². The molecule has 3 aromatic heterocycles. The van der Waals surface area contributed by atoms with E-state index in [1.807, 2.05) is 28.8 Å². The molecular weight excluding hydrogens is 272 g/mol. The number of hydrogen-bond acceptors (Lipinski definition) is 2. The Labute approximate surface area is 128 Å². The maximum Gasteiger partial charge on any atom is 0.137 e. The van der Waals surface area contributed by atoms with E-state index >= 15 is 0 Å². The maximum absolute atomic E-state index is 4.67. The molecule has 4 nitrogen and oxygen atoms in total. The van der Waals surface area contributed by atoms with Crippen molar-refractivity contribution in [2.24, 2.45) is 0 Å². The standard InChI is InChI=1S/C18H18N4/c1-2-3-6-17-19-14-9-8-13(11-15(14)20-17)16-12-22-10-5-4-7-18(22)21-16/h4-5,7-12H,2-3,6H2,1H3,(H,19,20). The van der Waals surface area contributed by atoms with Gasteiger partial charge in [0.15, 0.2) is 0 Å². The maximum atomic E-state index is 4.67. The van der Waals surface area contributed by atoms with Gasteiger partial charge in [-0.15, -0.1) is 0 Å². The summed E-state index contributed by atoms with van der Waals surface area (Å²) in [5, 5.41) is 0. The third-order valence-corrected chi connectivity index (χ3v) is 3.96. The minimum atomic E-state index is 0.964. The van der Waals surface area contributed by atoms with Gasteiger partial charge >= 0.3 is 0 Å². The molecule has 4 aromatic rings. The smallest absolute Gasteiger partial charge is 0.137 e. The van der Waals surface area contributed by atoms with Gasteiger partial charge in [0.05, 0.1) is 16.7 Å². The van der Waals surface area contributed by atoms with Crippen LogP contribution in [-0.4, -0.2) is 19.4 Å². The average molecular weight is 290 g/mol. The van der Waals surface area contributed by atoms with Gasteiger partial charge in [-0.1, -0.05) is 25.5 Å². The molecule has 110 valence electrons. The molecule has 0 saturated heterocycles. The van der Waals surface area contributed by atoms with Gasteiger partial charge < -0.3 is 9.38 Å². The monoisotopic (exact) mass is 290 g/mol. The number of rotatable bonds is 4. The van der Waals surface area contributed by atoms with Crippen molar-refractivity contribution in [1.82, 2.24) is 19.4 Å². The molecule has 4 rings (SSSR count). The van der Waals surface area contributed by atoms with Gasteiger partial charge in [-0.25, -0.2) is 9.97 Å². The normalized spacial score (nSPS) is 11.5. The number of H-pyrrole nitrogens is 1. The molecule has 4 heteroatoms. The molecule has 0 aliphatic heterocycles. The molecule has 0 unspecified atom stereocenters. The molecule has 22 heavy (non-hydrogen) atoms. The Morgan fingerprint density at radius 1 is 1.14 bits per heavy atom. The van der Waals surface area contributed by atoms with Crippen LogP contribution in [0.5, 0.6) is 0 Å². The van der Waals surface area contributed by atoms with Crippen molar-refractivity contribution in [3.8, 4) is 11.3 Å². The number of benzene rings is 1. The minimum Gasteiger partial charge on any atom is -0.342 e. The highest BCUT2D eigenvalue weighted by molar-refractivity contribution is 5.81. The fraction of sp³-hybridized carbons (Fsp3) is 0.222. The summed E-state index contributed by atoms with van der Waals surface area (Å²) in [4.78, 5) is 12.8. The Bertz CT molecular complexity index is 899. The molecule has 3 heterocycles. The minimum absolute atomic E-state index is 0.964. The largest absolute Gasteiger partial charge is 0.342 e. The van der Waals surface area contributed by atoms with E-state index in [-0.39, 0.29) is 0 Å². The Morgan fingerprint density at radius 2 is 2.09 bits per heavy atom. The first-order valence-electron chi connectivity index (χ1n) is 7.76. The fourth-order valence-corrected chi connectivity index (χ4v) is 2.76. The van der Waals surface area contributed by atoms with E-state index in [9.17, 15) is 0 Å². The lowest BCUT2D eigenvalue weighted by molar-refractivity contribution is 0.765. The Balaban J connectivity index is 1.74. The molecule has 0 radical (unpaired) electrons. The highest BCUT2D eigenvalue weighted by atomic mass is 15.0. The Morgan fingerprint density at radius 3 is 2.95 bits per heavy atom. The molecule has 1 N–H and O–H groups in total. The van der Waals surface area contributed by atoms with Crippen molar-refractivity contribution < 1.29 is 0 Å². The second-order valence-electron chi connectivity index (χ2n) is 5.61. The Hall–Kier alpha value is -2.62. The molecule has 0 atom stereocenters. The van der Waals surface area contributed by atoms with Crippen molar-refractivity contribution >= 4 is 16.7 Å². The third-order valence-electron chi connectivity index (χ3n) is 3.96. The zero-order chi connectivity index (χ0) is 14.9. The van der Waals surface area contributed by atoms with Crippen LogP contribution in [-0.2, 0) is 6.42 Å². The second-order valence-corrected chi connectivity index (χ2v) is 5.61. The fourth-order valence-electron chi connectivity index (χ4n) is 2.76. The summed E-state index contributed by atoms with van der Waals surface area (Å²) in [7, 11) is 0. The summed E-state index contributed by atoms with van der Waals surface area (Å²) in [6, 6.07) is 12.3. The lowest BCUT2D eigenvalue weighted by Gasteiger charge is -1.95. The Kier molecular flexibility index (Phi) is 3.15. The lowest BCUT2D eigenvalue weighted by atomic mass is 10.1. The van der Waals surface area contributed by atoms with Crippen LogP contribution in [0.25, 0.3) is 27.9 Å². The van der Waals surface area contributed by atoms with E-state index in [1.54, 1.807) is 0 Å². The molecule has 0 spiro atoms. The van der Waals surface area contributed by atoms with Gasteiger partial charge in [-0.3, -0.25) is 0 Å². The zero-order valence-corrected chi connectivity index (χ0v) is 12.6. The molecule has 0 bridgehead atoms. The number of pyridine rings is 1. The summed E-state index contributed by atoms with van der Waals surface area (Å²) in [5.41, 5.74) is 5.17. The molecule has 0 saturated carbocycles. The molecule has 0 aliphatic carbocycles. The highest BCUT2D eigenvalue weighted by Gasteiger charge is 2.07. The summed E-state index contributed by atoms with van der Waals surface area (Å²) >= 11 is 0. The number of aryl methyl sites for hydroxylation is 1. The molecule has 1 aromatic carbocycles. The predicted octanol–water partition coefficient (Wildman–Crippen LogP) is 4.22. The van der Waals surface area contributed by atoms with Gasteiger partial charge in [0.1, 0.15) is 11.5 Å². The number of fused-ring (bicyclic) bond motifs is 2. The third kappa shape index (κ3) is 2.26. The van der Waals surface area contributed by atoms with Crippen LogP contribution in [0.1, 0.15) is 25.6 Å². The van der Waals surface area contributed by atoms with Crippen LogP contribution in [0.4, 0.5) is 0 Å². The van der Waals surface area contributed by atoms with Gasteiger partial charge in [-0.2, -0.15) is 0 Å².